The predicted octanol–water partition coefficient (Wildman–Crippen LogP) is 3.00. The van der Waals surface area contributed by atoms with Gasteiger partial charge in [0, 0.05) is 25.6 Å². The van der Waals surface area contributed by atoms with Gasteiger partial charge in [-0.1, -0.05) is 43.3 Å². The van der Waals surface area contributed by atoms with Crippen molar-refractivity contribution in [1.29, 1.82) is 0 Å². The molecule has 0 atom stereocenters. The molecule has 0 aliphatic heterocycles. The van der Waals surface area contributed by atoms with Crippen LogP contribution in [-0.4, -0.2) is 17.9 Å². The Kier molecular flexibility index (Phi) is 4.77. The smallest absolute Gasteiger partial charge is 0.226 e. The Hall–Kier alpha value is -1.57. The maximum absolute atomic E-state index is 11.6. The number of hydrogen-bond acceptors (Lipinski definition) is 1. The summed E-state index contributed by atoms with van der Waals surface area (Å²) in [5.74, 6) is 0.157. The number of rotatable bonds is 4. The first-order valence-corrected chi connectivity index (χ1v) is 5.64. The van der Waals surface area contributed by atoms with Gasteiger partial charge >= 0.3 is 0 Å². The molecule has 86 valence electrons. The van der Waals surface area contributed by atoms with Gasteiger partial charge in [-0.2, -0.15) is 0 Å². The summed E-state index contributed by atoms with van der Waals surface area (Å²) >= 11 is 0. The van der Waals surface area contributed by atoms with Crippen LogP contribution in [0.1, 0.15) is 25.8 Å². The second-order valence-corrected chi connectivity index (χ2v) is 3.75. The highest BCUT2D eigenvalue weighted by molar-refractivity contribution is 5.77. The lowest BCUT2D eigenvalue weighted by atomic mass is 10.1. The van der Waals surface area contributed by atoms with Crippen LogP contribution in [0.15, 0.2) is 42.1 Å². The van der Waals surface area contributed by atoms with Crippen molar-refractivity contribution in [3.8, 4) is 0 Å². The molecule has 0 aliphatic carbocycles. The summed E-state index contributed by atoms with van der Waals surface area (Å²) in [6.45, 7) is 3.85. The molecule has 0 aromatic heterocycles. The Morgan fingerprint density at radius 1 is 1.31 bits per heavy atom. The van der Waals surface area contributed by atoms with Crippen LogP contribution in [0.3, 0.4) is 0 Å². The monoisotopic (exact) mass is 217 g/mol. The van der Waals surface area contributed by atoms with E-state index in [1.165, 1.54) is 5.56 Å². The van der Waals surface area contributed by atoms with Crippen LogP contribution in [0, 0.1) is 0 Å². The van der Waals surface area contributed by atoms with E-state index in [0.29, 0.717) is 6.42 Å². The number of carbonyl (C=O) groups is 1. The lowest BCUT2D eigenvalue weighted by Gasteiger charge is -2.20. The largest absolute Gasteiger partial charge is 0.319 e. The van der Waals surface area contributed by atoms with E-state index in [4.69, 9.17) is 0 Å². The number of carbonyl (C=O) groups excluding carboxylic acids is 1. The van der Waals surface area contributed by atoms with E-state index >= 15 is 0 Å². The van der Waals surface area contributed by atoms with Crippen LogP contribution in [0.25, 0.3) is 0 Å². The third kappa shape index (κ3) is 3.23. The summed E-state index contributed by atoms with van der Waals surface area (Å²) in [4.78, 5) is 13.3. The molecule has 0 heterocycles. The average molecular weight is 217 g/mol. The van der Waals surface area contributed by atoms with Crippen molar-refractivity contribution in [2.24, 2.45) is 0 Å². The predicted molar refractivity (Wildman–Crippen MR) is 67.0 cm³/mol. The van der Waals surface area contributed by atoms with Gasteiger partial charge in [-0.3, -0.25) is 4.79 Å². The van der Waals surface area contributed by atoms with E-state index < -0.39 is 0 Å². The van der Waals surface area contributed by atoms with Gasteiger partial charge in [0.25, 0.3) is 0 Å². The number of allylic oxidation sites excluding steroid dienone is 2. The Morgan fingerprint density at radius 3 is 2.44 bits per heavy atom. The van der Waals surface area contributed by atoms with Gasteiger partial charge in [0.05, 0.1) is 0 Å². The normalized spacial score (nSPS) is 11.3. The standard InChI is InChI=1S/C14H19NO/c1-4-13(15(3)14(16)5-2)11-12-9-7-6-8-10-12/h4,6-10H,5,11H2,1-3H3/b13-4-. The van der Waals surface area contributed by atoms with Crippen LogP contribution in [0.4, 0.5) is 0 Å². The topological polar surface area (TPSA) is 20.3 Å². The van der Waals surface area contributed by atoms with Gasteiger partial charge in [-0.25, -0.2) is 0 Å². The zero-order valence-corrected chi connectivity index (χ0v) is 10.2. The number of amides is 1. The van der Waals surface area contributed by atoms with Crippen molar-refractivity contribution in [2.45, 2.75) is 26.7 Å². The van der Waals surface area contributed by atoms with Crippen LogP contribution in [0.5, 0.6) is 0 Å². The molecule has 16 heavy (non-hydrogen) atoms. The minimum Gasteiger partial charge on any atom is -0.319 e. The van der Waals surface area contributed by atoms with Crippen LogP contribution >= 0.6 is 0 Å². The minimum absolute atomic E-state index is 0.157. The molecule has 0 saturated carbocycles. The fraction of sp³-hybridized carbons (Fsp3) is 0.357. The molecule has 0 spiro atoms. The van der Waals surface area contributed by atoms with Crippen molar-refractivity contribution in [1.82, 2.24) is 4.90 Å². The van der Waals surface area contributed by atoms with Gasteiger partial charge < -0.3 is 4.90 Å². The maximum atomic E-state index is 11.6. The van der Waals surface area contributed by atoms with E-state index in [2.05, 4.69) is 12.1 Å². The van der Waals surface area contributed by atoms with Gasteiger partial charge in [0.1, 0.15) is 0 Å². The van der Waals surface area contributed by atoms with Gasteiger partial charge in [-0.15, -0.1) is 0 Å². The number of nitrogens with zero attached hydrogens (tertiary/aromatic N) is 1. The highest BCUT2D eigenvalue weighted by Crippen LogP contribution is 2.12. The molecule has 0 N–H and O–H groups in total. The molecule has 0 fully saturated rings. The van der Waals surface area contributed by atoms with E-state index in [0.717, 1.165) is 12.1 Å². The molecule has 0 unspecified atom stereocenters. The lowest BCUT2D eigenvalue weighted by molar-refractivity contribution is -0.127. The summed E-state index contributed by atoms with van der Waals surface area (Å²) in [5, 5.41) is 0. The molecule has 2 nitrogen and oxygen atoms in total. The first-order valence-electron chi connectivity index (χ1n) is 5.64. The van der Waals surface area contributed by atoms with E-state index in [1.54, 1.807) is 4.90 Å². The Labute approximate surface area is 97.6 Å². The van der Waals surface area contributed by atoms with E-state index in [1.807, 2.05) is 45.2 Å². The second kappa shape index (κ2) is 6.11. The molecule has 1 rings (SSSR count). The zero-order valence-electron chi connectivity index (χ0n) is 10.2. The fourth-order valence-corrected chi connectivity index (χ4v) is 1.62. The third-order valence-corrected chi connectivity index (χ3v) is 2.67. The molecule has 0 aliphatic rings. The summed E-state index contributed by atoms with van der Waals surface area (Å²) in [6.07, 6.45) is 3.35. The molecule has 0 radical (unpaired) electrons. The first-order chi connectivity index (χ1) is 7.69. The summed E-state index contributed by atoms with van der Waals surface area (Å²) in [7, 11) is 1.84. The maximum Gasteiger partial charge on any atom is 0.226 e. The van der Waals surface area contributed by atoms with E-state index in [9.17, 15) is 4.79 Å². The Bertz CT molecular complexity index is 368. The highest BCUT2D eigenvalue weighted by Gasteiger charge is 2.10. The van der Waals surface area contributed by atoms with Crippen molar-refractivity contribution in [3.63, 3.8) is 0 Å². The van der Waals surface area contributed by atoms with Crippen molar-refractivity contribution < 1.29 is 4.79 Å². The van der Waals surface area contributed by atoms with Crippen molar-refractivity contribution >= 4 is 5.91 Å². The molecular formula is C14H19NO. The Morgan fingerprint density at radius 2 is 1.94 bits per heavy atom. The molecule has 1 amide bonds. The molecule has 1 aromatic rings. The zero-order chi connectivity index (χ0) is 12.0. The summed E-state index contributed by atoms with van der Waals surface area (Å²) in [6, 6.07) is 10.2. The second-order valence-electron chi connectivity index (χ2n) is 3.75. The van der Waals surface area contributed by atoms with Gasteiger partial charge in [-0.05, 0) is 12.5 Å². The molecule has 0 bridgehead atoms. The van der Waals surface area contributed by atoms with Crippen LogP contribution < -0.4 is 0 Å². The molecule has 2 heteroatoms. The number of hydrogen-bond donors (Lipinski definition) is 0. The first kappa shape index (κ1) is 12.5. The minimum atomic E-state index is 0.157. The highest BCUT2D eigenvalue weighted by atomic mass is 16.2. The summed E-state index contributed by atoms with van der Waals surface area (Å²) in [5.41, 5.74) is 2.28. The number of likely N-dealkylation sites (N-methyl/N-ethyl adjacent to an activating group) is 1. The number of benzene rings is 1. The van der Waals surface area contributed by atoms with Crippen molar-refractivity contribution in [3.05, 3.63) is 47.7 Å². The molecule has 1 aromatic carbocycles. The van der Waals surface area contributed by atoms with Crippen LogP contribution in [-0.2, 0) is 11.2 Å². The van der Waals surface area contributed by atoms with Gasteiger partial charge in [0.15, 0.2) is 0 Å². The fourth-order valence-electron chi connectivity index (χ4n) is 1.62. The lowest BCUT2D eigenvalue weighted by Crippen LogP contribution is -2.26. The van der Waals surface area contributed by atoms with Gasteiger partial charge in [0.2, 0.25) is 5.91 Å². The molecular weight excluding hydrogens is 198 g/mol. The van der Waals surface area contributed by atoms with Crippen molar-refractivity contribution in [2.75, 3.05) is 7.05 Å². The average Bonchev–Trinajstić information content (AvgIpc) is 2.35. The quantitative estimate of drug-likeness (QED) is 0.759. The SMILES string of the molecule is C/C=C(/Cc1ccccc1)N(C)C(=O)CC. The van der Waals surface area contributed by atoms with Crippen LogP contribution in [0.2, 0.25) is 0 Å². The Balaban J connectivity index is 2.74. The van der Waals surface area contributed by atoms with E-state index in [-0.39, 0.29) is 5.91 Å². The molecule has 0 saturated heterocycles. The third-order valence-electron chi connectivity index (χ3n) is 2.67. The summed E-state index contributed by atoms with van der Waals surface area (Å²) < 4.78 is 0.